The molecule has 1 aliphatic rings. The molecule has 2 aromatic heterocycles. The van der Waals surface area contributed by atoms with Gasteiger partial charge in [-0.2, -0.15) is 0 Å². The molecule has 3 rings (SSSR count). The summed E-state index contributed by atoms with van der Waals surface area (Å²) in [5.74, 6) is -0.350. The lowest BCUT2D eigenvalue weighted by molar-refractivity contribution is 0.0675. The molecule has 2 aromatic rings. The minimum absolute atomic E-state index is 0.0500. The summed E-state index contributed by atoms with van der Waals surface area (Å²) >= 11 is 0. The van der Waals surface area contributed by atoms with E-state index < -0.39 is 0 Å². The van der Waals surface area contributed by atoms with Gasteiger partial charge in [-0.1, -0.05) is 6.07 Å². The van der Waals surface area contributed by atoms with E-state index in [0.29, 0.717) is 12.2 Å². The second-order valence-corrected chi connectivity index (χ2v) is 4.88. The van der Waals surface area contributed by atoms with E-state index in [1.54, 1.807) is 29.3 Å². The summed E-state index contributed by atoms with van der Waals surface area (Å²) < 4.78 is 1.36. The second kappa shape index (κ2) is 5.05. The van der Waals surface area contributed by atoms with Crippen LogP contribution in [-0.2, 0) is 0 Å². The van der Waals surface area contributed by atoms with Crippen LogP contribution >= 0.6 is 0 Å². The highest BCUT2D eigenvalue weighted by molar-refractivity contribution is 5.94. The molecular weight excluding hydrogens is 258 g/mol. The maximum absolute atomic E-state index is 12.4. The number of fused-ring (bicyclic) bond motifs is 1. The number of pyridine rings is 1. The maximum atomic E-state index is 12.4. The van der Waals surface area contributed by atoms with Crippen molar-refractivity contribution in [1.29, 1.82) is 0 Å². The first-order chi connectivity index (χ1) is 9.72. The van der Waals surface area contributed by atoms with E-state index in [0.717, 1.165) is 12.8 Å². The number of carbonyl (C=O) groups excluding carboxylic acids is 1. The van der Waals surface area contributed by atoms with Crippen molar-refractivity contribution in [3.05, 3.63) is 46.5 Å². The van der Waals surface area contributed by atoms with Crippen molar-refractivity contribution in [2.45, 2.75) is 18.9 Å². The Morgan fingerprint density at radius 2 is 2.30 bits per heavy atom. The van der Waals surface area contributed by atoms with Gasteiger partial charge >= 0.3 is 0 Å². The average Bonchev–Trinajstić information content (AvgIpc) is 2.96. The predicted molar refractivity (Wildman–Crippen MR) is 72.6 cm³/mol. The topological polar surface area (TPSA) is 74.9 Å². The maximum Gasteiger partial charge on any atom is 0.270 e. The molecule has 0 bridgehead atoms. The normalized spacial score (nSPS) is 18.6. The van der Waals surface area contributed by atoms with Crippen molar-refractivity contribution >= 4 is 11.6 Å². The first-order valence-corrected chi connectivity index (χ1v) is 6.60. The van der Waals surface area contributed by atoms with Crippen molar-refractivity contribution in [3.8, 4) is 0 Å². The number of aliphatic hydroxyl groups excluding tert-OH is 1. The third kappa shape index (κ3) is 1.98. The summed E-state index contributed by atoms with van der Waals surface area (Å²) in [5, 5.41) is 9.28. The molecule has 104 valence electrons. The molecule has 1 aliphatic heterocycles. The largest absolute Gasteiger partial charge is 0.394 e. The molecule has 0 radical (unpaired) electrons. The van der Waals surface area contributed by atoms with Crippen LogP contribution in [0.1, 0.15) is 23.2 Å². The molecule has 6 heteroatoms. The molecule has 1 amide bonds. The van der Waals surface area contributed by atoms with Gasteiger partial charge in [0.25, 0.3) is 11.5 Å². The first kappa shape index (κ1) is 12.8. The molecule has 0 aromatic carbocycles. The van der Waals surface area contributed by atoms with Crippen molar-refractivity contribution in [1.82, 2.24) is 14.3 Å². The van der Waals surface area contributed by atoms with Crippen molar-refractivity contribution in [2.75, 3.05) is 13.2 Å². The Morgan fingerprint density at radius 1 is 1.45 bits per heavy atom. The number of aliphatic hydroxyl groups is 1. The van der Waals surface area contributed by atoms with Gasteiger partial charge in [0.1, 0.15) is 11.2 Å². The lowest BCUT2D eigenvalue weighted by Gasteiger charge is -2.22. The molecule has 1 saturated heterocycles. The summed E-state index contributed by atoms with van der Waals surface area (Å²) in [7, 11) is 0. The van der Waals surface area contributed by atoms with E-state index in [4.69, 9.17) is 0 Å². The minimum Gasteiger partial charge on any atom is -0.394 e. The van der Waals surface area contributed by atoms with Gasteiger partial charge in [0.2, 0.25) is 0 Å². The van der Waals surface area contributed by atoms with Crippen molar-refractivity contribution < 1.29 is 9.90 Å². The van der Waals surface area contributed by atoms with E-state index in [9.17, 15) is 14.7 Å². The van der Waals surface area contributed by atoms with Crippen molar-refractivity contribution in [3.63, 3.8) is 0 Å². The molecule has 1 unspecified atom stereocenters. The molecule has 3 heterocycles. The van der Waals surface area contributed by atoms with Crippen LogP contribution in [0.5, 0.6) is 0 Å². The van der Waals surface area contributed by atoms with Gasteiger partial charge in [-0.25, -0.2) is 4.98 Å². The Morgan fingerprint density at radius 3 is 3.10 bits per heavy atom. The molecule has 0 saturated carbocycles. The Kier molecular flexibility index (Phi) is 3.23. The van der Waals surface area contributed by atoms with E-state index >= 15 is 0 Å². The average molecular weight is 273 g/mol. The van der Waals surface area contributed by atoms with Crippen LogP contribution in [-0.4, -0.2) is 44.5 Å². The van der Waals surface area contributed by atoms with Crippen LogP contribution in [0.2, 0.25) is 0 Å². The first-order valence-electron chi connectivity index (χ1n) is 6.60. The van der Waals surface area contributed by atoms with Gasteiger partial charge in [-0.15, -0.1) is 0 Å². The second-order valence-electron chi connectivity index (χ2n) is 4.88. The van der Waals surface area contributed by atoms with Crippen molar-refractivity contribution in [2.24, 2.45) is 0 Å². The third-order valence-electron chi connectivity index (χ3n) is 3.69. The minimum atomic E-state index is -0.371. The molecule has 0 spiro atoms. The smallest absolute Gasteiger partial charge is 0.270 e. The van der Waals surface area contributed by atoms with Crippen LogP contribution < -0.4 is 5.56 Å². The zero-order valence-corrected chi connectivity index (χ0v) is 10.9. The fourth-order valence-electron chi connectivity index (χ4n) is 2.62. The monoisotopic (exact) mass is 273 g/mol. The number of likely N-dealkylation sites (tertiary alicyclic amines) is 1. The number of carbonyl (C=O) groups is 1. The summed E-state index contributed by atoms with van der Waals surface area (Å²) in [6.07, 6.45) is 4.53. The van der Waals surface area contributed by atoms with Crippen LogP contribution in [0.15, 0.2) is 35.4 Å². The lowest BCUT2D eigenvalue weighted by Crippen LogP contribution is -2.40. The number of amides is 1. The molecule has 6 nitrogen and oxygen atoms in total. The molecule has 1 N–H and O–H groups in total. The Hall–Kier alpha value is -2.21. The van der Waals surface area contributed by atoms with E-state index in [1.165, 1.54) is 10.6 Å². The van der Waals surface area contributed by atoms with Gasteiger partial charge in [-0.05, 0) is 25.0 Å². The standard InChI is InChI=1S/C14H15N3O3/c18-9-10-4-3-7-16(10)13(19)11-8-15-12-5-1-2-6-17(12)14(11)20/h1-2,5-6,8,10,18H,3-4,7,9H2. The molecular formula is C14H15N3O3. The Balaban J connectivity index is 2.04. The summed E-state index contributed by atoms with van der Waals surface area (Å²) in [6, 6.07) is 5.02. The summed E-state index contributed by atoms with van der Waals surface area (Å²) in [5.41, 5.74) is 0.187. The van der Waals surface area contributed by atoms with E-state index in [-0.39, 0.29) is 29.7 Å². The quantitative estimate of drug-likeness (QED) is 0.853. The van der Waals surface area contributed by atoms with Gasteiger partial charge in [0.15, 0.2) is 0 Å². The van der Waals surface area contributed by atoms with Gasteiger partial charge in [0.05, 0.1) is 12.6 Å². The Labute approximate surface area is 115 Å². The molecule has 1 atom stereocenters. The van der Waals surface area contributed by atoms with Gasteiger partial charge in [0, 0.05) is 18.9 Å². The number of aromatic nitrogens is 2. The highest BCUT2D eigenvalue weighted by atomic mass is 16.3. The summed E-state index contributed by atoms with van der Waals surface area (Å²) in [4.78, 5) is 30.5. The van der Waals surface area contributed by atoms with E-state index in [1.807, 2.05) is 0 Å². The lowest BCUT2D eigenvalue weighted by atomic mass is 10.2. The van der Waals surface area contributed by atoms with Crippen LogP contribution in [0.3, 0.4) is 0 Å². The van der Waals surface area contributed by atoms with Gasteiger partial charge < -0.3 is 10.0 Å². The zero-order valence-electron chi connectivity index (χ0n) is 10.9. The van der Waals surface area contributed by atoms with Gasteiger partial charge in [-0.3, -0.25) is 14.0 Å². The highest BCUT2D eigenvalue weighted by Gasteiger charge is 2.30. The zero-order chi connectivity index (χ0) is 14.1. The summed E-state index contributed by atoms with van der Waals surface area (Å²) in [6.45, 7) is 0.495. The van der Waals surface area contributed by atoms with Crippen LogP contribution in [0, 0.1) is 0 Å². The highest BCUT2D eigenvalue weighted by Crippen LogP contribution is 2.18. The molecule has 0 aliphatic carbocycles. The fourth-order valence-corrected chi connectivity index (χ4v) is 2.62. The number of rotatable bonds is 2. The third-order valence-corrected chi connectivity index (χ3v) is 3.69. The SMILES string of the molecule is O=C(c1cnc2ccccn2c1=O)N1CCCC1CO. The fraction of sp³-hybridized carbons (Fsp3) is 0.357. The Bertz CT molecular complexity index is 710. The number of nitrogens with zero attached hydrogens (tertiary/aromatic N) is 3. The molecule has 20 heavy (non-hydrogen) atoms. The van der Waals surface area contributed by atoms with Crippen LogP contribution in [0.25, 0.3) is 5.65 Å². The van der Waals surface area contributed by atoms with Crippen LogP contribution in [0.4, 0.5) is 0 Å². The predicted octanol–water partition coefficient (Wildman–Crippen LogP) is 0.291. The molecule has 1 fully saturated rings. The number of hydrogen-bond donors (Lipinski definition) is 1. The van der Waals surface area contributed by atoms with E-state index in [2.05, 4.69) is 4.98 Å². The number of hydrogen-bond acceptors (Lipinski definition) is 4.